The van der Waals surface area contributed by atoms with E-state index in [2.05, 4.69) is 35.1 Å². The highest BCUT2D eigenvalue weighted by Crippen LogP contribution is 2.35. The van der Waals surface area contributed by atoms with Gasteiger partial charge < -0.3 is 4.74 Å². The van der Waals surface area contributed by atoms with Crippen LogP contribution in [-0.2, 0) is 6.42 Å². The Morgan fingerprint density at radius 3 is 1.65 bits per heavy atom. The van der Waals surface area contributed by atoms with E-state index in [4.69, 9.17) is 0 Å². The summed E-state index contributed by atoms with van der Waals surface area (Å²) in [5.41, 5.74) is 4.13. The Morgan fingerprint density at radius 2 is 1.14 bits per heavy atom. The zero-order valence-electron chi connectivity index (χ0n) is 19.8. The summed E-state index contributed by atoms with van der Waals surface area (Å²) >= 11 is 0. The molecule has 4 aromatic carbocycles. The van der Waals surface area contributed by atoms with E-state index >= 15 is 0 Å². The molecular weight excluding hydrogens is 490 g/mol. The quantitative estimate of drug-likeness (QED) is 0.177. The molecule has 0 atom stereocenters. The van der Waals surface area contributed by atoms with E-state index in [0.717, 1.165) is 29.5 Å². The summed E-state index contributed by atoms with van der Waals surface area (Å²) in [5.74, 6) is -5.54. The Morgan fingerprint density at radius 1 is 0.649 bits per heavy atom. The molecule has 0 heterocycles. The molecule has 0 unspecified atom stereocenters. The predicted octanol–water partition coefficient (Wildman–Crippen LogP) is 9.51. The standard InChI is InChI=1S/C30H22F6O/c1-2-3-4-5-19-6-8-20(9-7-19)21-10-12-22(13-11-21)23-14-15-25(26(31)16-23)24-17-27(32)29(28(33)18-24)37-30(34,35)36/h2-3,6-18H,4-5H2,1H3. The Hall–Kier alpha value is -4.00. The van der Waals surface area contributed by atoms with Crippen molar-refractivity contribution in [1.29, 1.82) is 0 Å². The van der Waals surface area contributed by atoms with Crippen LogP contribution in [0.5, 0.6) is 5.75 Å². The summed E-state index contributed by atoms with van der Waals surface area (Å²) in [6, 6.07) is 21.1. The van der Waals surface area contributed by atoms with Crippen LogP contribution in [0.4, 0.5) is 26.3 Å². The summed E-state index contributed by atoms with van der Waals surface area (Å²) in [6.45, 7) is 2.00. The van der Waals surface area contributed by atoms with Crippen LogP contribution >= 0.6 is 0 Å². The minimum Gasteiger partial charge on any atom is -0.399 e. The smallest absolute Gasteiger partial charge is 0.399 e. The molecule has 0 aromatic heterocycles. The van der Waals surface area contributed by atoms with Crippen LogP contribution < -0.4 is 4.74 Å². The number of ether oxygens (including phenoxy) is 1. The molecule has 1 nitrogen and oxygen atoms in total. The number of halogens is 6. The lowest BCUT2D eigenvalue weighted by Crippen LogP contribution is -2.19. The lowest BCUT2D eigenvalue weighted by molar-refractivity contribution is -0.276. The molecule has 0 fully saturated rings. The summed E-state index contributed by atoms with van der Waals surface area (Å²) in [5, 5.41) is 0. The number of hydrogen-bond acceptors (Lipinski definition) is 1. The first kappa shape index (κ1) is 26.1. The number of allylic oxidation sites excluding steroid dienone is 2. The van der Waals surface area contributed by atoms with E-state index in [1.54, 1.807) is 6.07 Å². The Labute approximate surface area is 210 Å². The molecule has 0 aliphatic rings. The molecule has 0 bridgehead atoms. The lowest BCUT2D eigenvalue weighted by atomic mass is 9.97. The third kappa shape index (κ3) is 6.42. The van der Waals surface area contributed by atoms with Gasteiger partial charge in [0.15, 0.2) is 11.6 Å². The van der Waals surface area contributed by atoms with Crippen molar-refractivity contribution >= 4 is 0 Å². The molecule has 0 radical (unpaired) electrons. The molecule has 0 aliphatic carbocycles. The van der Waals surface area contributed by atoms with E-state index in [1.165, 1.54) is 17.7 Å². The summed E-state index contributed by atoms with van der Waals surface area (Å²) < 4.78 is 83.5. The normalized spacial score (nSPS) is 11.8. The minimum absolute atomic E-state index is 0.161. The van der Waals surface area contributed by atoms with Gasteiger partial charge in [0.25, 0.3) is 0 Å². The van der Waals surface area contributed by atoms with Gasteiger partial charge in [-0.15, -0.1) is 13.2 Å². The van der Waals surface area contributed by atoms with E-state index in [9.17, 15) is 26.3 Å². The van der Waals surface area contributed by atoms with Gasteiger partial charge in [0, 0.05) is 5.56 Å². The van der Waals surface area contributed by atoms with Crippen molar-refractivity contribution in [2.75, 3.05) is 0 Å². The van der Waals surface area contributed by atoms with Crippen LogP contribution in [0.2, 0.25) is 0 Å². The van der Waals surface area contributed by atoms with Crippen LogP contribution in [0.15, 0.2) is 91.0 Å². The third-order valence-corrected chi connectivity index (χ3v) is 5.84. The number of aryl methyl sites for hydroxylation is 1. The van der Waals surface area contributed by atoms with Gasteiger partial charge in [-0.3, -0.25) is 0 Å². The highest BCUT2D eigenvalue weighted by molar-refractivity contribution is 5.74. The number of hydrogen-bond donors (Lipinski definition) is 0. The van der Waals surface area contributed by atoms with Gasteiger partial charge in [0.2, 0.25) is 5.75 Å². The second kappa shape index (κ2) is 10.9. The second-order valence-corrected chi connectivity index (χ2v) is 8.39. The predicted molar refractivity (Wildman–Crippen MR) is 132 cm³/mol. The molecule has 4 aromatic rings. The highest BCUT2D eigenvalue weighted by atomic mass is 19.4. The van der Waals surface area contributed by atoms with Gasteiger partial charge in [-0.2, -0.15) is 0 Å². The second-order valence-electron chi connectivity index (χ2n) is 8.39. The van der Waals surface area contributed by atoms with Crippen molar-refractivity contribution < 1.29 is 31.1 Å². The molecule has 0 N–H and O–H groups in total. The number of rotatable bonds is 7. The lowest BCUT2D eigenvalue weighted by Gasteiger charge is -2.13. The molecular formula is C30H22F6O. The fourth-order valence-corrected chi connectivity index (χ4v) is 3.99. The van der Waals surface area contributed by atoms with Crippen molar-refractivity contribution in [3.63, 3.8) is 0 Å². The average molecular weight is 512 g/mol. The van der Waals surface area contributed by atoms with Crippen LogP contribution in [-0.4, -0.2) is 6.36 Å². The van der Waals surface area contributed by atoms with E-state index < -0.39 is 29.6 Å². The van der Waals surface area contributed by atoms with Gasteiger partial charge in [-0.25, -0.2) is 13.2 Å². The average Bonchev–Trinajstić information content (AvgIpc) is 2.86. The van der Waals surface area contributed by atoms with Crippen molar-refractivity contribution in [2.24, 2.45) is 0 Å². The molecule has 0 amide bonds. The van der Waals surface area contributed by atoms with Crippen molar-refractivity contribution in [3.05, 3.63) is 114 Å². The van der Waals surface area contributed by atoms with Crippen molar-refractivity contribution in [3.8, 4) is 39.1 Å². The largest absolute Gasteiger partial charge is 0.573 e. The topological polar surface area (TPSA) is 9.23 Å². The molecule has 0 saturated heterocycles. The molecule has 190 valence electrons. The van der Waals surface area contributed by atoms with Crippen molar-refractivity contribution in [2.45, 2.75) is 26.1 Å². The third-order valence-electron chi connectivity index (χ3n) is 5.84. The van der Waals surface area contributed by atoms with E-state index in [1.807, 2.05) is 37.3 Å². The SMILES string of the molecule is CC=CCCc1ccc(-c2ccc(-c3ccc(-c4cc(F)c(OC(F)(F)F)c(F)c4)c(F)c3)cc2)cc1. The first-order valence-corrected chi connectivity index (χ1v) is 11.5. The Kier molecular flexibility index (Phi) is 7.71. The molecule has 7 heteroatoms. The zero-order valence-corrected chi connectivity index (χ0v) is 19.8. The number of alkyl halides is 3. The Bertz CT molecular complexity index is 1380. The highest BCUT2D eigenvalue weighted by Gasteiger charge is 2.34. The van der Waals surface area contributed by atoms with Gasteiger partial charge in [0.1, 0.15) is 5.82 Å². The maximum atomic E-state index is 14.9. The first-order valence-electron chi connectivity index (χ1n) is 11.5. The van der Waals surface area contributed by atoms with Gasteiger partial charge in [-0.05, 0) is 71.3 Å². The fourth-order valence-electron chi connectivity index (χ4n) is 3.99. The van der Waals surface area contributed by atoms with Gasteiger partial charge in [-0.1, -0.05) is 72.8 Å². The first-order chi connectivity index (χ1) is 17.6. The summed E-state index contributed by atoms with van der Waals surface area (Å²) in [4.78, 5) is 0. The molecule has 0 saturated carbocycles. The van der Waals surface area contributed by atoms with Crippen LogP contribution in [0.3, 0.4) is 0 Å². The monoisotopic (exact) mass is 512 g/mol. The van der Waals surface area contributed by atoms with Gasteiger partial charge >= 0.3 is 6.36 Å². The summed E-state index contributed by atoms with van der Waals surface area (Å²) in [6.07, 6.45) is 0.851. The fraction of sp³-hybridized carbons (Fsp3) is 0.133. The molecule has 0 aliphatic heterocycles. The molecule has 4 rings (SSSR count). The van der Waals surface area contributed by atoms with Crippen LogP contribution in [0.25, 0.3) is 33.4 Å². The minimum atomic E-state index is -5.26. The van der Waals surface area contributed by atoms with Crippen LogP contribution in [0.1, 0.15) is 18.9 Å². The summed E-state index contributed by atoms with van der Waals surface area (Å²) in [7, 11) is 0. The molecule has 0 spiro atoms. The van der Waals surface area contributed by atoms with Crippen molar-refractivity contribution in [1.82, 2.24) is 0 Å². The number of benzene rings is 4. The Balaban J connectivity index is 1.53. The van der Waals surface area contributed by atoms with E-state index in [-0.39, 0.29) is 11.1 Å². The molecule has 37 heavy (non-hydrogen) atoms. The maximum absolute atomic E-state index is 14.9. The van der Waals surface area contributed by atoms with Gasteiger partial charge in [0.05, 0.1) is 0 Å². The van der Waals surface area contributed by atoms with E-state index in [0.29, 0.717) is 17.7 Å². The van der Waals surface area contributed by atoms with Crippen LogP contribution in [0, 0.1) is 17.5 Å². The maximum Gasteiger partial charge on any atom is 0.573 e. The zero-order chi connectivity index (χ0) is 26.6.